The molecule has 1 aliphatic rings. The molecule has 0 saturated heterocycles. The number of hydrogen-bond donors (Lipinski definition) is 0. The number of nitrogens with zero attached hydrogens (tertiary/aromatic N) is 4. The molecule has 302 valence electrons. The second kappa shape index (κ2) is 22.8. The summed E-state index contributed by atoms with van der Waals surface area (Å²) in [4.78, 5) is 58.7. The average molecular weight is 799 g/mol. The van der Waals surface area contributed by atoms with Crippen LogP contribution >= 0.6 is 11.3 Å². The fraction of sp³-hybridized carbons (Fsp3) is 0.419. The standard InChI is InChI=1S/C43H50N4O9S/c1-3-5-6-9-25-47(43-46-37-13-12-24-44-40(37)57-43)45-29-33-28-36(54-30-48)22-23-38(33)56-42(51)32-16-14-31(15-17-32)41(50)55-35-20-18-34(19-21-35)52-26-10-7-8-11-27-53-39(49)4-2/h4,12-13,18-24,28-32H,2-3,5-11,14-17,25-27H2,1H3/b45-29+. The molecule has 0 spiro atoms. The first-order chi connectivity index (χ1) is 27.9. The molecule has 0 atom stereocenters. The Hall–Kier alpha value is -5.63. The summed E-state index contributed by atoms with van der Waals surface area (Å²) >= 11 is 1.44. The monoisotopic (exact) mass is 798 g/mol. The summed E-state index contributed by atoms with van der Waals surface area (Å²) in [6, 6.07) is 15.4. The van der Waals surface area contributed by atoms with Gasteiger partial charge in [0.15, 0.2) is 0 Å². The molecule has 57 heavy (non-hydrogen) atoms. The smallest absolute Gasteiger partial charge is 0.330 e. The molecule has 2 heterocycles. The molecule has 5 rings (SSSR count). The number of aromatic nitrogens is 2. The zero-order chi connectivity index (χ0) is 40.2. The number of hydrazone groups is 1. The Kier molecular flexibility index (Phi) is 17.0. The van der Waals surface area contributed by atoms with E-state index in [0.717, 1.165) is 67.8 Å². The topological polar surface area (TPSA) is 156 Å². The Morgan fingerprint density at radius 3 is 2.25 bits per heavy atom. The van der Waals surface area contributed by atoms with Gasteiger partial charge in [-0.05, 0) is 112 Å². The van der Waals surface area contributed by atoms with Crippen LogP contribution in [0.15, 0.2) is 78.6 Å². The number of pyridine rings is 1. The van der Waals surface area contributed by atoms with E-state index in [1.807, 2.05) is 17.1 Å². The lowest BCUT2D eigenvalue weighted by Crippen LogP contribution is -2.30. The molecule has 0 unspecified atom stereocenters. The maximum atomic E-state index is 13.5. The van der Waals surface area contributed by atoms with Crippen LogP contribution in [0.4, 0.5) is 5.13 Å². The van der Waals surface area contributed by atoms with Crippen LogP contribution < -0.4 is 24.0 Å². The number of carbonyl (C=O) groups excluding carboxylic acids is 4. The van der Waals surface area contributed by atoms with E-state index in [1.54, 1.807) is 54.9 Å². The number of hydrogen-bond acceptors (Lipinski definition) is 14. The minimum Gasteiger partial charge on any atom is -0.494 e. The van der Waals surface area contributed by atoms with E-state index in [2.05, 4.69) is 18.5 Å². The molecule has 0 bridgehead atoms. The van der Waals surface area contributed by atoms with Crippen molar-refractivity contribution < 1.29 is 42.9 Å². The van der Waals surface area contributed by atoms with Gasteiger partial charge in [-0.2, -0.15) is 5.10 Å². The van der Waals surface area contributed by atoms with Crippen LogP contribution in [0.5, 0.6) is 23.0 Å². The first kappa shape index (κ1) is 42.5. The summed E-state index contributed by atoms with van der Waals surface area (Å²) in [5.74, 6) is -0.218. The molecule has 4 aromatic rings. The van der Waals surface area contributed by atoms with Crippen molar-refractivity contribution in [3.05, 3.63) is 79.0 Å². The van der Waals surface area contributed by atoms with Crippen molar-refractivity contribution in [2.45, 2.75) is 84.0 Å². The number of fused-ring (bicyclic) bond motifs is 1. The fourth-order valence-corrected chi connectivity index (χ4v) is 7.17. The summed E-state index contributed by atoms with van der Waals surface area (Å²) in [5, 5.41) is 7.28. The number of ether oxygens (including phenoxy) is 5. The van der Waals surface area contributed by atoms with Gasteiger partial charge in [-0.3, -0.25) is 14.4 Å². The van der Waals surface area contributed by atoms with Gasteiger partial charge in [0, 0.05) is 24.4 Å². The van der Waals surface area contributed by atoms with Crippen molar-refractivity contribution in [2.24, 2.45) is 16.9 Å². The van der Waals surface area contributed by atoms with Crippen LogP contribution in [0.1, 0.15) is 89.5 Å². The van der Waals surface area contributed by atoms with Crippen molar-refractivity contribution in [1.82, 2.24) is 9.97 Å². The fourth-order valence-electron chi connectivity index (χ4n) is 6.28. The highest BCUT2D eigenvalue weighted by atomic mass is 32.1. The molecule has 1 aliphatic carbocycles. The summed E-state index contributed by atoms with van der Waals surface area (Å²) in [5.41, 5.74) is 1.24. The minimum atomic E-state index is -0.404. The Balaban J connectivity index is 1.11. The normalized spacial score (nSPS) is 15.2. The largest absolute Gasteiger partial charge is 0.494 e. The molecule has 0 N–H and O–H groups in total. The Morgan fingerprint density at radius 2 is 1.54 bits per heavy atom. The quantitative estimate of drug-likeness (QED) is 0.0134. The Labute approximate surface area is 337 Å². The van der Waals surface area contributed by atoms with Crippen molar-refractivity contribution in [3.63, 3.8) is 0 Å². The van der Waals surface area contributed by atoms with Gasteiger partial charge in [0.2, 0.25) is 5.13 Å². The van der Waals surface area contributed by atoms with E-state index in [9.17, 15) is 19.2 Å². The van der Waals surface area contributed by atoms with Gasteiger partial charge in [-0.1, -0.05) is 44.1 Å². The molecule has 1 saturated carbocycles. The van der Waals surface area contributed by atoms with E-state index in [0.29, 0.717) is 74.1 Å². The van der Waals surface area contributed by atoms with Crippen molar-refractivity contribution in [1.29, 1.82) is 0 Å². The molecule has 13 nitrogen and oxygen atoms in total. The van der Waals surface area contributed by atoms with E-state index in [-0.39, 0.29) is 23.4 Å². The highest BCUT2D eigenvalue weighted by molar-refractivity contribution is 7.21. The van der Waals surface area contributed by atoms with Crippen LogP contribution in [-0.4, -0.2) is 60.3 Å². The zero-order valence-corrected chi connectivity index (χ0v) is 33.2. The van der Waals surface area contributed by atoms with Crippen molar-refractivity contribution >= 4 is 57.4 Å². The second-order valence-electron chi connectivity index (χ2n) is 13.7. The Bertz CT molecular complexity index is 1920. The summed E-state index contributed by atoms with van der Waals surface area (Å²) in [7, 11) is 0. The molecule has 0 aliphatic heterocycles. The van der Waals surface area contributed by atoms with Gasteiger partial charge in [-0.15, -0.1) is 0 Å². The van der Waals surface area contributed by atoms with Gasteiger partial charge >= 0.3 is 17.9 Å². The third-order valence-corrected chi connectivity index (χ3v) is 10.5. The third kappa shape index (κ3) is 13.5. The van der Waals surface area contributed by atoms with Gasteiger partial charge < -0.3 is 23.7 Å². The van der Waals surface area contributed by atoms with Gasteiger partial charge in [0.05, 0.1) is 31.3 Å². The maximum Gasteiger partial charge on any atom is 0.330 e. The number of thiazole rings is 1. The molecule has 2 aromatic carbocycles. The molecule has 0 amide bonds. The number of anilines is 1. The summed E-state index contributed by atoms with van der Waals surface area (Å²) in [6.45, 7) is 7.44. The number of rotatable bonds is 23. The first-order valence-electron chi connectivity index (χ1n) is 19.6. The van der Waals surface area contributed by atoms with Gasteiger partial charge in [-0.25, -0.2) is 19.8 Å². The van der Waals surface area contributed by atoms with Crippen LogP contribution in [0.2, 0.25) is 0 Å². The number of benzene rings is 2. The lowest BCUT2D eigenvalue weighted by molar-refractivity contribution is -0.145. The predicted molar refractivity (Wildman–Crippen MR) is 218 cm³/mol. The summed E-state index contributed by atoms with van der Waals surface area (Å²) in [6.07, 6.45) is 14.1. The van der Waals surface area contributed by atoms with Gasteiger partial charge in [0.1, 0.15) is 33.3 Å². The van der Waals surface area contributed by atoms with Crippen LogP contribution in [0, 0.1) is 11.8 Å². The molecule has 0 radical (unpaired) electrons. The SMILES string of the molecule is C=CC(=O)OCCCCCCOc1ccc(OC(=O)C2CCC(C(=O)Oc3ccc(OC=O)cc3/C=N/N(CCCCCC)c3nc4cccnc4s3)CC2)cc1. The molecule has 14 heteroatoms. The minimum absolute atomic E-state index is 0.275. The van der Waals surface area contributed by atoms with E-state index < -0.39 is 17.9 Å². The third-order valence-electron chi connectivity index (χ3n) is 9.47. The highest BCUT2D eigenvalue weighted by Crippen LogP contribution is 2.33. The molecular formula is C43H50N4O9S. The van der Waals surface area contributed by atoms with E-state index in [4.69, 9.17) is 33.8 Å². The second-order valence-corrected chi connectivity index (χ2v) is 14.6. The molecule has 1 fully saturated rings. The van der Waals surface area contributed by atoms with Crippen LogP contribution in [-0.2, 0) is 23.9 Å². The zero-order valence-electron chi connectivity index (χ0n) is 32.3. The van der Waals surface area contributed by atoms with Crippen molar-refractivity contribution in [2.75, 3.05) is 24.8 Å². The molecular weight excluding hydrogens is 749 g/mol. The Morgan fingerprint density at radius 1 is 0.860 bits per heavy atom. The van der Waals surface area contributed by atoms with Crippen LogP contribution in [0.3, 0.4) is 0 Å². The maximum absolute atomic E-state index is 13.5. The number of carbonyl (C=O) groups is 4. The summed E-state index contributed by atoms with van der Waals surface area (Å²) < 4.78 is 27.5. The lowest BCUT2D eigenvalue weighted by atomic mass is 9.82. The number of unbranched alkanes of at least 4 members (excludes halogenated alkanes) is 6. The van der Waals surface area contributed by atoms with Crippen LogP contribution in [0.25, 0.3) is 10.3 Å². The molecule has 2 aromatic heterocycles. The average Bonchev–Trinajstić information content (AvgIpc) is 3.67. The highest BCUT2D eigenvalue weighted by Gasteiger charge is 2.32. The predicted octanol–water partition coefficient (Wildman–Crippen LogP) is 8.63. The van der Waals surface area contributed by atoms with Gasteiger partial charge in [0.25, 0.3) is 6.47 Å². The first-order valence-corrected chi connectivity index (χ1v) is 20.4. The number of esters is 3. The lowest BCUT2D eigenvalue weighted by Gasteiger charge is -2.26. The van der Waals surface area contributed by atoms with Crippen molar-refractivity contribution in [3.8, 4) is 23.0 Å². The van der Waals surface area contributed by atoms with E-state index >= 15 is 0 Å². The van der Waals surface area contributed by atoms with E-state index in [1.165, 1.54) is 11.3 Å².